The second-order valence-electron chi connectivity index (χ2n) is 4.24. The minimum atomic E-state index is -4.03. The van der Waals surface area contributed by atoms with E-state index in [2.05, 4.69) is 22.6 Å². The van der Waals surface area contributed by atoms with Crippen molar-refractivity contribution in [3.63, 3.8) is 0 Å². The predicted molar refractivity (Wildman–Crippen MR) is 80.4 cm³/mol. The van der Waals surface area contributed by atoms with Crippen LogP contribution in [0.15, 0.2) is 18.2 Å². The monoisotopic (exact) mass is 420 g/mol. The van der Waals surface area contributed by atoms with Gasteiger partial charge in [-0.05, 0) is 58.7 Å². The van der Waals surface area contributed by atoms with Crippen molar-refractivity contribution in [2.75, 3.05) is 12.3 Å². The Kier molecular flexibility index (Phi) is 6.20. The summed E-state index contributed by atoms with van der Waals surface area (Å²) >= 11 is 2.06. The van der Waals surface area contributed by atoms with Gasteiger partial charge in [0.25, 0.3) is 0 Å². The average Bonchev–Trinajstić information content (AvgIpc) is 2.21. The molecule has 0 radical (unpaired) electrons. The molecule has 1 rings (SSSR count). The van der Waals surface area contributed by atoms with Crippen LogP contribution in [-0.4, -0.2) is 31.9 Å². The third-order valence-corrected chi connectivity index (χ3v) is 4.64. The zero-order valence-electron chi connectivity index (χ0n) is 9.94. The van der Waals surface area contributed by atoms with Crippen LogP contribution in [0.4, 0.5) is 0 Å². The lowest BCUT2D eigenvalue weighted by Gasteiger charge is -2.09. The maximum Gasteiger partial charge on any atom is 0.325 e. The highest BCUT2D eigenvalue weighted by molar-refractivity contribution is 14.1. The maximum absolute atomic E-state index is 10.8. The van der Waals surface area contributed by atoms with Crippen LogP contribution in [0.5, 0.6) is 0 Å². The van der Waals surface area contributed by atoms with E-state index in [1.165, 1.54) is 0 Å². The molecule has 0 heterocycles. The molecule has 0 bridgehead atoms. The van der Waals surface area contributed by atoms with E-state index < -0.39 is 15.2 Å². The number of hydrogen-bond donors (Lipinski definition) is 4. The first-order valence-corrected chi connectivity index (χ1v) is 10.1. The molecule has 0 aliphatic heterocycles. The lowest BCUT2D eigenvalue weighted by Crippen LogP contribution is -1.99. The topological polar surface area (TPSA) is 115 Å². The van der Waals surface area contributed by atoms with Crippen molar-refractivity contribution in [1.29, 1.82) is 0 Å². The quantitative estimate of drug-likeness (QED) is 0.412. The highest BCUT2D eigenvalue weighted by atomic mass is 127. The fourth-order valence-electron chi connectivity index (χ4n) is 1.56. The van der Waals surface area contributed by atoms with Crippen LogP contribution in [0.2, 0.25) is 0 Å². The Morgan fingerprint density at radius 2 is 1.21 bits per heavy atom. The maximum atomic E-state index is 10.8. The van der Waals surface area contributed by atoms with Crippen LogP contribution in [0.1, 0.15) is 11.1 Å². The standard InChI is InChI=1S/C10H15IO6P2/c11-10-6-8(1-3-18(12,13)14)5-9(7-10)2-4-19(15,16)17/h5-7H,1-4H2,(H2,12,13,14)(H2,15,16,17). The van der Waals surface area contributed by atoms with Crippen LogP contribution in [0.25, 0.3) is 0 Å². The molecule has 0 aliphatic rings. The van der Waals surface area contributed by atoms with Gasteiger partial charge < -0.3 is 19.6 Å². The molecule has 1 aromatic rings. The summed E-state index contributed by atoms with van der Waals surface area (Å²) in [5.74, 6) is 0. The molecule has 0 fully saturated rings. The van der Waals surface area contributed by atoms with Crippen molar-refractivity contribution in [1.82, 2.24) is 0 Å². The molecular weight excluding hydrogens is 405 g/mol. The van der Waals surface area contributed by atoms with Gasteiger partial charge in [0.15, 0.2) is 0 Å². The third kappa shape index (κ3) is 8.19. The smallest absolute Gasteiger partial charge is 0.324 e. The summed E-state index contributed by atoms with van der Waals surface area (Å²) in [4.78, 5) is 35.3. The summed E-state index contributed by atoms with van der Waals surface area (Å²) in [6.45, 7) is 0. The summed E-state index contributed by atoms with van der Waals surface area (Å²) in [5, 5.41) is 0. The van der Waals surface area contributed by atoms with Gasteiger partial charge in [0.1, 0.15) is 0 Å². The number of rotatable bonds is 6. The molecule has 0 aliphatic carbocycles. The Morgan fingerprint density at radius 3 is 1.53 bits per heavy atom. The van der Waals surface area contributed by atoms with E-state index in [1.807, 2.05) is 0 Å². The average molecular weight is 420 g/mol. The van der Waals surface area contributed by atoms with E-state index >= 15 is 0 Å². The molecule has 0 unspecified atom stereocenters. The molecule has 108 valence electrons. The van der Waals surface area contributed by atoms with E-state index in [1.54, 1.807) is 18.2 Å². The number of aryl methyl sites for hydroxylation is 2. The molecule has 0 saturated carbocycles. The van der Waals surface area contributed by atoms with Crippen molar-refractivity contribution < 1.29 is 28.7 Å². The first kappa shape index (κ1) is 17.3. The molecule has 1 aromatic carbocycles. The second-order valence-corrected chi connectivity index (χ2v) is 9.04. The van der Waals surface area contributed by atoms with Crippen LogP contribution in [-0.2, 0) is 22.0 Å². The molecule has 0 atom stereocenters. The van der Waals surface area contributed by atoms with Gasteiger partial charge >= 0.3 is 15.2 Å². The van der Waals surface area contributed by atoms with Crippen LogP contribution in [0.3, 0.4) is 0 Å². The van der Waals surface area contributed by atoms with Gasteiger partial charge in [-0.2, -0.15) is 0 Å². The Hall–Kier alpha value is 0.250. The molecule has 0 spiro atoms. The van der Waals surface area contributed by atoms with E-state index in [-0.39, 0.29) is 25.2 Å². The lowest BCUT2D eigenvalue weighted by molar-refractivity contribution is 0.371. The predicted octanol–water partition coefficient (Wildman–Crippen LogP) is 1.73. The van der Waals surface area contributed by atoms with Gasteiger partial charge in [-0.25, -0.2) is 0 Å². The number of benzene rings is 1. The van der Waals surface area contributed by atoms with Gasteiger partial charge in [-0.1, -0.05) is 6.07 Å². The Labute approximate surface area is 124 Å². The molecule has 0 aromatic heterocycles. The minimum absolute atomic E-state index is 0.231. The summed E-state index contributed by atoms with van der Waals surface area (Å²) in [6, 6.07) is 5.34. The van der Waals surface area contributed by atoms with Gasteiger partial charge in [0.2, 0.25) is 0 Å². The molecule has 0 saturated heterocycles. The zero-order chi connectivity index (χ0) is 14.7. The van der Waals surface area contributed by atoms with Gasteiger partial charge in [-0.15, -0.1) is 0 Å². The lowest BCUT2D eigenvalue weighted by atomic mass is 10.1. The summed E-state index contributed by atoms with van der Waals surface area (Å²) in [6.07, 6.45) is 0.0180. The van der Waals surface area contributed by atoms with E-state index in [4.69, 9.17) is 19.6 Å². The van der Waals surface area contributed by atoms with Crippen LogP contribution >= 0.6 is 37.8 Å². The molecule has 19 heavy (non-hydrogen) atoms. The summed E-state index contributed by atoms with van der Waals surface area (Å²) in [7, 11) is -8.06. The molecule has 0 amide bonds. The first-order valence-electron chi connectivity index (χ1n) is 5.43. The second kappa shape index (κ2) is 6.80. The highest BCUT2D eigenvalue weighted by Crippen LogP contribution is 2.36. The van der Waals surface area contributed by atoms with Crippen LogP contribution < -0.4 is 0 Å². The van der Waals surface area contributed by atoms with Crippen molar-refractivity contribution in [3.8, 4) is 0 Å². The van der Waals surface area contributed by atoms with E-state index in [9.17, 15) is 9.13 Å². The fraction of sp³-hybridized carbons (Fsp3) is 0.400. The van der Waals surface area contributed by atoms with E-state index in [0.29, 0.717) is 0 Å². The van der Waals surface area contributed by atoms with E-state index in [0.717, 1.165) is 14.7 Å². The highest BCUT2D eigenvalue weighted by Gasteiger charge is 2.15. The molecule has 4 N–H and O–H groups in total. The third-order valence-electron chi connectivity index (χ3n) is 2.40. The number of hydrogen-bond acceptors (Lipinski definition) is 2. The van der Waals surface area contributed by atoms with Crippen molar-refractivity contribution in [2.45, 2.75) is 12.8 Å². The van der Waals surface area contributed by atoms with Gasteiger partial charge in [0.05, 0.1) is 12.3 Å². The molecule has 6 nitrogen and oxygen atoms in total. The minimum Gasteiger partial charge on any atom is -0.324 e. The van der Waals surface area contributed by atoms with Crippen LogP contribution in [0, 0.1) is 3.57 Å². The Bertz CT molecular complexity index is 491. The van der Waals surface area contributed by atoms with Gasteiger partial charge in [0, 0.05) is 3.57 Å². The fourth-order valence-corrected chi connectivity index (χ4v) is 3.45. The number of halogens is 1. The Balaban J connectivity index is 2.77. The first-order chi connectivity index (χ1) is 8.55. The van der Waals surface area contributed by atoms with Gasteiger partial charge in [-0.3, -0.25) is 9.13 Å². The normalized spacial score (nSPS) is 12.7. The largest absolute Gasteiger partial charge is 0.325 e. The molecular formula is C10H15IO6P2. The SMILES string of the molecule is O=P(O)(O)CCc1cc(I)cc(CCP(=O)(O)O)c1. The summed E-state index contributed by atoms with van der Waals surface area (Å²) < 4.78 is 22.5. The van der Waals surface area contributed by atoms with Crippen molar-refractivity contribution in [2.24, 2.45) is 0 Å². The summed E-state index contributed by atoms with van der Waals surface area (Å²) in [5.41, 5.74) is 1.52. The zero-order valence-corrected chi connectivity index (χ0v) is 13.9. The Morgan fingerprint density at radius 1 is 0.842 bits per heavy atom. The van der Waals surface area contributed by atoms with Crippen molar-refractivity contribution in [3.05, 3.63) is 32.9 Å². The van der Waals surface area contributed by atoms with Crippen molar-refractivity contribution >= 4 is 37.8 Å². The molecule has 9 heteroatoms.